The summed E-state index contributed by atoms with van der Waals surface area (Å²) in [4.78, 5) is 51.6. The van der Waals surface area contributed by atoms with Crippen molar-refractivity contribution in [1.82, 2.24) is 25.2 Å². The number of aromatic nitrogens is 3. The zero-order chi connectivity index (χ0) is 24.8. The average molecular weight is 496 g/mol. The summed E-state index contributed by atoms with van der Waals surface area (Å²) in [6.07, 6.45) is 1.51. The van der Waals surface area contributed by atoms with Crippen LogP contribution in [0.1, 0.15) is 17.3 Å². The Hall–Kier alpha value is -3.92. The molecule has 1 aliphatic heterocycles. The van der Waals surface area contributed by atoms with Gasteiger partial charge in [0.1, 0.15) is 17.2 Å². The van der Waals surface area contributed by atoms with E-state index in [1.165, 1.54) is 19.2 Å². The minimum absolute atomic E-state index is 0.0954. The van der Waals surface area contributed by atoms with E-state index in [-0.39, 0.29) is 17.4 Å². The number of pyridine rings is 1. The molecule has 0 unspecified atom stereocenters. The van der Waals surface area contributed by atoms with Crippen LogP contribution in [-0.4, -0.2) is 70.9 Å². The number of anilines is 2. The first-order valence-corrected chi connectivity index (χ1v) is 11.6. The van der Waals surface area contributed by atoms with E-state index in [0.29, 0.717) is 55.9 Å². The van der Waals surface area contributed by atoms with Crippen LogP contribution in [0.2, 0.25) is 5.02 Å². The zero-order valence-electron chi connectivity index (χ0n) is 19.3. The average Bonchev–Trinajstić information content (AvgIpc) is 2.87. The number of piperazine rings is 1. The van der Waals surface area contributed by atoms with Gasteiger partial charge < -0.3 is 25.4 Å². The van der Waals surface area contributed by atoms with Crippen molar-refractivity contribution >= 4 is 35.1 Å². The highest BCUT2D eigenvalue weighted by Gasteiger charge is 2.25. The maximum Gasteiger partial charge on any atom is 0.260 e. The van der Waals surface area contributed by atoms with Gasteiger partial charge in [-0.2, -0.15) is 0 Å². The maximum atomic E-state index is 12.8. The molecule has 35 heavy (non-hydrogen) atoms. The molecule has 1 aliphatic rings. The van der Waals surface area contributed by atoms with Crippen LogP contribution < -0.4 is 21.1 Å². The number of carbonyl (C=O) groups excluding carboxylic acids is 2. The monoisotopic (exact) mass is 495 g/mol. The Morgan fingerprint density at radius 3 is 2.49 bits per heavy atom. The van der Waals surface area contributed by atoms with Crippen molar-refractivity contribution in [2.24, 2.45) is 0 Å². The summed E-state index contributed by atoms with van der Waals surface area (Å²) in [6.45, 7) is 4.46. The molecule has 10 nitrogen and oxygen atoms in total. The summed E-state index contributed by atoms with van der Waals surface area (Å²) in [6, 6.07) is 12.3. The van der Waals surface area contributed by atoms with Crippen molar-refractivity contribution in [3.63, 3.8) is 0 Å². The van der Waals surface area contributed by atoms with Crippen molar-refractivity contribution in [2.75, 3.05) is 49.5 Å². The largest absolute Gasteiger partial charge is 0.368 e. The topological polar surface area (TPSA) is 123 Å². The van der Waals surface area contributed by atoms with Crippen LogP contribution in [0.5, 0.6) is 0 Å². The molecule has 1 aromatic carbocycles. The number of nitrogens with one attached hydrogen (secondary N) is 3. The molecule has 0 radical (unpaired) electrons. The van der Waals surface area contributed by atoms with Gasteiger partial charge in [0.15, 0.2) is 5.82 Å². The molecule has 0 bridgehead atoms. The number of nitrogens with zero attached hydrogens (tertiary/aromatic N) is 4. The molecule has 1 fully saturated rings. The minimum Gasteiger partial charge on any atom is -0.368 e. The van der Waals surface area contributed by atoms with Crippen LogP contribution in [0.3, 0.4) is 0 Å². The van der Waals surface area contributed by atoms with Gasteiger partial charge in [0.25, 0.3) is 11.5 Å². The first-order valence-electron chi connectivity index (χ1n) is 11.3. The molecule has 11 heteroatoms. The van der Waals surface area contributed by atoms with Gasteiger partial charge in [-0.1, -0.05) is 11.6 Å². The quantitative estimate of drug-likeness (QED) is 0.428. The molecular weight excluding hydrogens is 470 g/mol. The van der Waals surface area contributed by atoms with Gasteiger partial charge >= 0.3 is 0 Å². The molecule has 4 rings (SSSR count). The van der Waals surface area contributed by atoms with Crippen LogP contribution in [0.4, 0.5) is 11.6 Å². The predicted octanol–water partition coefficient (Wildman–Crippen LogP) is 2.00. The Balaban J connectivity index is 1.51. The summed E-state index contributed by atoms with van der Waals surface area (Å²) in [5, 5.41) is 6.60. The molecule has 182 valence electrons. The van der Waals surface area contributed by atoms with Gasteiger partial charge in [0.2, 0.25) is 5.91 Å². The maximum absolute atomic E-state index is 12.8. The smallest absolute Gasteiger partial charge is 0.260 e. The van der Waals surface area contributed by atoms with Crippen molar-refractivity contribution in [2.45, 2.75) is 6.92 Å². The lowest BCUT2D eigenvalue weighted by Crippen LogP contribution is -2.49. The van der Waals surface area contributed by atoms with Gasteiger partial charge in [-0.3, -0.25) is 14.4 Å². The standard InChI is InChI=1S/C24H26ClN7O3/c1-16(33)26-9-10-27-20-15-21(30-22(29-20)17-4-6-18(25)7-5-17)31-11-13-32(14-12-31)24(35)19-3-2-8-28-23(19)34/h2-8,15H,9-14H2,1H3,(H,26,33)(H,28,34)(H,27,29,30). The minimum atomic E-state index is -0.390. The van der Waals surface area contributed by atoms with Crippen LogP contribution >= 0.6 is 11.6 Å². The number of hydrogen-bond acceptors (Lipinski definition) is 7. The van der Waals surface area contributed by atoms with Crippen molar-refractivity contribution < 1.29 is 9.59 Å². The van der Waals surface area contributed by atoms with E-state index < -0.39 is 5.56 Å². The summed E-state index contributed by atoms with van der Waals surface area (Å²) in [5.41, 5.74) is 0.565. The van der Waals surface area contributed by atoms with Gasteiger partial charge in [-0.15, -0.1) is 0 Å². The first kappa shape index (κ1) is 24.2. The first-order chi connectivity index (χ1) is 16.9. The lowest BCUT2D eigenvalue weighted by Gasteiger charge is -2.35. The van der Waals surface area contributed by atoms with Crippen LogP contribution in [0.15, 0.2) is 53.5 Å². The molecule has 2 aromatic heterocycles. The molecule has 3 N–H and O–H groups in total. The van der Waals surface area contributed by atoms with E-state index in [1.807, 2.05) is 18.2 Å². The Labute approximate surface area is 207 Å². The van der Waals surface area contributed by atoms with Crippen LogP contribution in [-0.2, 0) is 4.79 Å². The summed E-state index contributed by atoms with van der Waals surface area (Å²) >= 11 is 6.04. The van der Waals surface area contributed by atoms with E-state index in [4.69, 9.17) is 16.6 Å². The molecule has 3 aromatic rings. The van der Waals surface area contributed by atoms with E-state index in [1.54, 1.807) is 23.1 Å². The van der Waals surface area contributed by atoms with Gasteiger partial charge in [-0.05, 0) is 36.4 Å². The SMILES string of the molecule is CC(=O)NCCNc1cc(N2CCN(C(=O)c3ccc[nH]c3=O)CC2)nc(-c2ccc(Cl)cc2)n1. The second kappa shape index (κ2) is 11.0. The number of benzene rings is 1. The highest BCUT2D eigenvalue weighted by molar-refractivity contribution is 6.30. The van der Waals surface area contributed by atoms with E-state index in [0.717, 1.165) is 11.4 Å². The van der Waals surface area contributed by atoms with Crippen molar-refractivity contribution in [3.05, 3.63) is 69.6 Å². The molecule has 2 amide bonds. The summed E-state index contributed by atoms with van der Waals surface area (Å²) < 4.78 is 0. The number of carbonyl (C=O) groups is 2. The molecule has 3 heterocycles. The van der Waals surface area contributed by atoms with Crippen LogP contribution in [0, 0.1) is 0 Å². The Morgan fingerprint density at radius 1 is 1.06 bits per heavy atom. The highest BCUT2D eigenvalue weighted by Crippen LogP contribution is 2.25. The Morgan fingerprint density at radius 2 is 1.80 bits per heavy atom. The third-order valence-corrected chi connectivity index (χ3v) is 5.81. The fourth-order valence-electron chi connectivity index (χ4n) is 3.74. The molecule has 0 aliphatic carbocycles. The molecule has 0 atom stereocenters. The summed E-state index contributed by atoms with van der Waals surface area (Å²) in [7, 11) is 0. The van der Waals surface area contributed by atoms with Crippen LogP contribution in [0.25, 0.3) is 11.4 Å². The Bertz CT molecular complexity index is 1250. The number of rotatable bonds is 7. The lowest BCUT2D eigenvalue weighted by atomic mass is 10.2. The fourth-order valence-corrected chi connectivity index (χ4v) is 3.87. The molecule has 0 spiro atoms. The fraction of sp³-hybridized carbons (Fsp3) is 0.292. The Kier molecular flexibility index (Phi) is 7.61. The number of H-pyrrole nitrogens is 1. The zero-order valence-corrected chi connectivity index (χ0v) is 20.0. The molecule has 0 saturated carbocycles. The number of amides is 2. The van der Waals surface area contributed by atoms with E-state index in [2.05, 4.69) is 25.5 Å². The number of halogens is 1. The lowest BCUT2D eigenvalue weighted by molar-refractivity contribution is -0.118. The van der Waals surface area contributed by atoms with E-state index >= 15 is 0 Å². The van der Waals surface area contributed by atoms with Crippen molar-refractivity contribution in [3.8, 4) is 11.4 Å². The highest BCUT2D eigenvalue weighted by atomic mass is 35.5. The normalized spacial score (nSPS) is 13.4. The summed E-state index contributed by atoms with van der Waals surface area (Å²) in [5.74, 6) is 1.50. The van der Waals surface area contributed by atoms with E-state index in [9.17, 15) is 14.4 Å². The second-order valence-corrected chi connectivity index (χ2v) is 8.48. The second-order valence-electron chi connectivity index (χ2n) is 8.04. The third kappa shape index (κ3) is 6.15. The molecular formula is C24H26ClN7O3. The third-order valence-electron chi connectivity index (χ3n) is 5.56. The molecule has 1 saturated heterocycles. The van der Waals surface area contributed by atoms with Crippen molar-refractivity contribution in [1.29, 1.82) is 0 Å². The predicted molar refractivity (Wildman–Crippen MR) is 135 cm³/mol. The van der Waals surface area contributed by atoms with Gasteiger partial charge in [-0.25, -0.2) is 9.97 Å². The van der Waals surface area contributed by atoms with Gasteiger partial charge in [0, 0.05) is 69.0 Å². The van der Waals surface area contributed by atoms with Gasteiger partial charge in [0.05, 0.1) is 0 Å². The number of hydrogen-bond donors (Lipinski definition) is 3. The number of aromatic amines is 1.